The molecule has 1 N–H and O–H groups in total. The quantitative estimate of drug-likeness (QED) is 0.298. The predicted molar refractivity (Wildman–Crippen MR) is 146 cm³/mol. The molecule has 0 atom stereocenters. The topological polar surface area (TPSA) is 25.2 Å². The molecule has 0 amide bonds. The monoisotopic (exact) mass is 447 g/mol. The highest BCUT2D eigenvalue weighted by Crippen LogP contribution is 2.37. The third-order valence-corrected chi connectivity index (χ3v) is 6.55. The van der Waals surface area contributed by atoms with Crippen LogP contribution < -0.4 is 5.32 Å². The van der Waals surface area contributed by atoms with Gasteiger partial charge in [0, 0.05) is 22.1 Å². The average Bonchev–Trinajstić information content (AvgIpc) is 3.17. The van der Waals surface area contributed by atoms with E-state index in [1.165, 1.54) is 27.6 Å². The molecule has 5 aromatic rings. The van der Waals surface area contributed by atoms with Gasteiger partial charge >= 0.3 is 0 Å². The molecule has 1 aromatic heterocycles. The van der Waals surface area contributed by atoms with Crippen LogP contribution in [0.5, 0.6) is 0 Å². The zero-order chi connectivity index (χ0) is 24.1. The van der Waals surface area contributed by atoms with Crippen LogP contribution in [0.4, 0.5) is 11.4 Å². The zero-order valence-corrected chi connectivity index (χ0v) is 21.0. The first-order chi connectivity index (χ1) is 16.1. The van der Waals surface area contributed by atoms with Gasteiger partial charge in [-0.2, -0.15) is 0 Å². The summed E-state index contributed by atoms with van der Waals surface area (Å²) >= 11 is 0. The fraction of sp³-hybridized carbons (Fsp3) is 0.250. The molecule has 2 nitrogen and oxygen atoms in total. The van der Waals surface area contributed by atoms with Crippen molar-refractivity contribution in [2.45, 2.75) is 52.4 Å². The van der Waals surface area contributed by atoms with E-state index < -0.39 is 0 Å². The summed E-state index contributed by atoms with van der Waals surface area (Å²) in [5.74, 6) is 0. The SMILES string of the molecule is CC(C)(C)c1cc(Nc2ccc(-c3cccc4oc5ccccc5c34)cc2)cc(C(C)(C)C)c1. The summed E-state index contributed by atoms with van der Waals surface area (Å²) in [5, 5.41) is 5.98. The van der Waals surface area contributed by atoms with Crippen LogP contribution in [-0.2, 0) is 10.8 Å². The van der Waals surface area contributed by atoms with Crippen molar-refractivity contribution >= 4 is 33.3 Å². The summed E-state index contributed by atoms with van der Waals surface area (Å²) in [6.45, 7) is 13.6. The van der Waals surface area contributed by atoms with Gasteiger partial charge in [-0.1, -0.05) is 90.1 Å². The van der Waals surface area contributed by atoms with Crippen molar-refractivity contribution in [3.05, 3.63) is 96.1 Å². The van der Waals surface area contributed by atoms with Gasteiger partial charge in [-0.3, -0.25) is 0 Å². The van der Waals surface area contributed by atoms with Gasteiger partial charge in [0.15, 0.2) is 0 Å². The van der Waals surface area contributed by atoms with Gasteiger partial charge in [-0.25, -0.2) is 0 Å². The van der Waals surface area contributed by atoms with Crippen LogP contribution in [0.2, 0.25) is 0 Å². The molecule has 5 rings (SSSR count). The number of nitrogens with one attached hydrogen (secondary N) is 1. The Morgan fingerprint density at radius 3 is 1.85 bits per heavy atom. The van der Waals surface area contributed by atoms with E-state index in [2.05, 4.69) is 114 Å². The van der Waals surface area contributed by atoms with Crippen LogP contribution in [0, 0.1) is 0 Å². The van der Waals surface area contributed by atoms with Crippen molar-refractivity contribution in [3.63, 3.8) is 0 Å². The average molecular weight is 448 g/mol. The molecule has 0 saturated heterocycles. The minimum absolute atomic E-state index is 0.0909. The predicted octanol–water partition coefficient (Wildman–Crippen LogP) is 9.59. The molecule has 0 radical (unpaired) electrons. The molecule has 34 heavy (non-hydrogen) atoms. The van der Waals surface area contributed by atoms with Crippen LogP contribution in [0.25, 0.3) is 33.1 Å². The Morgan fingerprint density at radius 2 is 1.21 bits per heavy atom. The maximum Gasteiger partial charge on any atom is 0.136 e. The number of hydrogen-bond acceptors (Lipinski definition) is 2. The number of furan rings is 1. The van der Waals surface area contributed by atoms with Crippen molar-refractivity contribution in [3.8, 4) is 11.1 Å². The number of benzene rings is 4. The van der Waals surface area contributed by atoms with E-state index in [1.54, 1.807) is 0 Å². The van der Waals surface area contributed by atoms with Crippen LogP contribution >= 0.6 is 0 Å². The fourth-order valence-electron chi connectivity index (χ4n) is 4.48. The van der Waals surface area contributed by atoms with Gasteiger partial charge in [-0.05, 0) is 69.5 Å². The van der Waals surface area contributed by atoms with E-state index in [9.17, 15) is 0 Å². The Morgan fingerprint density at radius 1 is 0.588 bits per heavy atom. The number of anilines is 2. The van der Waals surface area contributed by atoms with E-state index in [1.807, 2.05) is 18.2 Å². The van der Waals surface area contributed by atoms with E-state index in [0.29, 0.717) is 0 Å². The number of hydrogen-bond donors (Lipinski definition) is 1. The summed E-state index contributed by atoms with van der Waals surface area (Å²) in [5.41, 5.74) is 9.31. The van der Waals surface area contributed by atoms with E-state index in [-0.39, 0.29) is 10.8 Å². The van der Waals surface area contributed by atoms with Crippen molar-refractivity contribution in [1.29, 1.82) is 0 Å². The molecule has 0 saturated carbocycles. The molecule has 172 valence electrons. The van der Waals surface area contributed by atoms with Crippen LogP contribution in [-0.4, -0.2) is 0 Å². The molecule has 0 bridgehead atoms. The molecule has 0 fully saturated rings. The molecular weight excluding hydrogens is 414 g/mol. The maximum absolute atomic E-state index is 6.08. The zero-order valence-electron chi connectivity index (χ0n) is 21.0. The Kier molecular flexibility index (Phi) is 5.28. The van der Waals surface area contributed by atoms with E-state index in [0.717, 1.165) is 27.9 Å². The lowest BCUT2D eigenvalue weighted by atomic mass is 9.80. The second kappa shape index (κ2) is 8.06. The van der Waals surface area contributed by atoms with Gasteiger partial charge in [0.1, 0.15) is 11.2 Å². The van der Waals surface area contributed by atoms with Gasteiger partial charge in [-0.15, -0.1) is 0 Å². The lowest BCUT2D eigenvalue weighted by Gasteiger charge is -2.26. The van der Waals surface area contributed by atoms with Gasteiger partial charge in [0.2, 0.25) is 0 Å². The second-order valence-electron chi connectivity index (χ2n) is 11.3. The van der Waals surface area contributed by atoms with Gasteiger partial charge < -0.3 is 9.73 Å². The van der Waals surface area contributed by atoms with E-state index >= 15 is 0 Å². The highest BCUT2D eigenvalue weighted by Gasteiger charge is 2.20. The Balaban J connectivity index is 1.51. The summed E-state index contributed by atoms with van der Waals surface area (Å²) in [6.07, 6.45) is 0. The molecule has 1 heterocycles. The van der Waals surface area contributed by atoms with Gasteiger partial charge in [0.25, 0.3) is 0 Å². The standard InChI is InChI=1S/C32H33NO/c1-31(2,3)22-18-23(32(4,5)6)20-25(19-22)33-24-16-14-21(15-17-24)26-11-9-13-29-30(26)27-10-7-8-12-28(27)34-29/h7-20,33H,1-6H3. The number of fused-ring (bicyclic) bond motifs is 3. The highest BCUT2D eigenvalue weighted by molar-refractivity contribution is 6.12. The first-order valence-electron chi connectivity index (χ1n) is 12.0. The molecular formula is C32H33NO. The third-order valence-electron chi connectivity index (χ3n) is 6.55. The first kappa shape index (κ1) is 22.3. The summed E-state index contributed by atoms with van der Waals surface area (Å²) < 4.78 is 6.08. The van der Waals surface area contributed by atoms with Crippen LogP contribution in [0.1, 0.15) is 52.7 Å². The first-order valence-corrected chi connectivity index (χ1v) is 12.0. The highest BCUT2D eigenvalue weighted by atomic mass is 16.3. The van der Waals surface area contributed by atoms with E-state index in [4.69, 9.17) is 4.42 Å². The normalized spacial score (nSPS) is 12.4. The minimum atomic E-state index is 0.0909. The van der Waals surface area contributed by atoms with Crippen LogP contribution in [0.3, 0.4) is 0 Å². The summed E-state index contributed by atoms with van der Waals surface area (Å²) in [4.78, 5) is 0. The van der Waals surface area contributed by atoms with Crippen LogP contribution in [0.15, 0.2) is 89.3 Å². The Labute approximate surface area is 202 Å². The van der Waals surface area contributed by atoms with Crippen molar-refractivity contribution in [2.24, 2.45) is 0 Å². The lowest BCUT2D eigenvalue weighted by molar-refractivity contribution is 0.569. The molecule has 0 spiro atoms. The van der Waals surface area contributed by atoms with Crippen molar-refractivity contribution in [2.75, 3.05) is 5.32 Å². The molecule has 2 heteroatoms. The van der Waals surface area contributed by atoms with Gasteiger partial charge in [0.05, 0.1) is 0 Å². The minimum Gasteiger partial charge on any atom is -0.456 e. The second-order valence-corrected chi connectivity index (χ2v) is 11.3. The third kappa shape index (κ3) is 4.21. The maximum atomic E-state index is 6.08. The number of rotatable bonds is 3. The Hall–Kier alpha value is -3.52. The molecule has 0 aliphatic rings. The van der Waals surface area contributed by atoms with Crippen molar-refractivity contribution < 1.29 is 4.42 Å². The number of para-hydroxylation sites is 1. The largest absolute Gasteiger partial charge is 0.456 e. The smallest absolute Gasteiger partial charge is 0.136 e. The fourth-order valence-corrected chi connectivity index (χ4v) is 4.48. The summed E-state index contributed by atoms with van der Waals surface area (Å²) in [6, 6.07) is 30.2. The molecule has 4 aromatic carbocycles. The summed E-state index contributed by atoms with van der Waals surface area (Å²) in [7, 11) is 0. The Bertz CT molecular complexity index is 1440. The molecule has 0 aliphatic heterocycles. The lowest BCUT2D eigenvalue weighted by Crippen LogP contribution is -2.16. The molecule has 0 aliphatic carbocycles. The molecule has 0 unspecified atom stereocenters. The van der Waals surface area contributed by atoms with Crippen molar-refractivity contribution in [1.82, 2.24) is 0 Å².